The Labute approximate surface area is 164 Å². The number of hydrogen-bond acceptors (Lipinski definition) is 8. The van der Waals surface area contributed by atoms with Crippen molar-refractivity contribution in [1.29, 1.82) is 0 Å². The van der Waals surface area contributed by atoms with Crippen LogP contribution in [0.15, 0.2) is 47.1 Å². The van der Waals surface area contributed by atoms with Gasteiger partial charge >= 0.3 is 11.9 Å². The van der Waals surface area contributed by atoms with Gasteiger partial charge in [0.05, 0.1) is 7.11 Å². The summed E-state index contributed by atoms with van der Waals surface area (Å²) in [6.45, 7) is -0.351. The van der Waals surface area contributed by atoms with Crippen molar-refractivity contribution in [3.63, 3.8) is 0 Å². The van der Waals surface area contributed by atoms with E-state index in [1.807, 2.05) is 0 Å². The van der Waals surface area contributed by atoms with E-state index in [0.29, 0.717) is 28.4 Å². The summed E-state index contributed by atoms with van der Waals surface area (Å²) in [5.41, 5.74) is 1.30. The zero-order valence-corrected chi connectivity index (χ0v) is 15.2. The van der Waals surface area contributed by atoms with Crippen LogP contribution in [-0.4, -0.2) is 43.5 Å². The number of benzene rings is 2. The molecule has 0 amide bonds. The van der Waals surface area contributed by atoms with Gasteiger partial charge in [0.25, 0.3) is 0 Å². The van der Waals surface area contributed by atoms with Gasteiger partial charge in [0.1, 0.15) is 0 Å². The standard InChI is InChI=1S/C20H15NO8/c1-25-16-7-11(2-4-14(16)26-9-18(22)23)6-13-20(24)29-19(21-13)12-3-5-15-17(8-12)28-10-27-15/h2-8H,9-10H2,1H3,(H,22,23)/b13-6-. The Bertz CT molecular complexity index is 1060. The maximum atomic E-state index is 12.2. The monoisotopic (exact) mass is 397 g/mol. The summed E-state index contributed by atoms with van der Waals surface area (Å²) in [7, 11) is 1.43. The summed E-state index contributed by atoms with van der Waals surface area (Å²) in [6.07, 6.45) is 1.53. The second kappa shape index (κ2) is 7.55. The highest BCUT2D eigenvalue weighted by atomic mass is 16.7. The summed E-state index contributed by atoms with van der Waals surface area (Å²) >= 11 is 0. The first-order chi connectivity index (χ1) is 14.0. The lowest BCUT2D eigenvalue weighted by atomic mass is 10.1. The zero-order valence-electron chi connectivity index (χ0n) is 15.2. The van der Waals surface area contributed by atoms with Crippen LogP contribution in [0.2, 0.25) is 0 Å². The van der Waals surface area contributed by atoms with Gasteiger partial charge in [-0.2, -0.15) is 0 Å². The van der Waals surface area contributed by atoms with Gasteiger partial charge in [-0.05, 0) is 42.0 Å². The third kappa shape index (κ3) is 3.84. The van der Waals surface area contributed by atoms with Crippen molar-refractivity contribution in [2.45, 2.75) is 0 Å². The van der Waals surface area contributed by atoms with E-state index in [-0.39, 0.29) is 24.1 Å². The molecule has 0 fully saturated rings. The Hall–Kier alpha value is -4.01. The van der Waals surface area contributed by atoms with Crippen LogP contribution < -0.4 is 18.9 Å². The zero-order chi connectivity index (χ0) is 20.4. The first-order valence-electron chi connectivity index (χ1n) is 8.49. The number of ether oxygens (including phenoxy) is 5. The molecule has 2 aromatic carbocycles. The number of aliphatic imine (C=N–C) groups is 1. The maximum Gasteiger partial charge on any atom is 0.363 e. The van der Waals surface area contributed by atoms with Crippen LogP contribution >= 0.6 is 0 Å². The molecule has 0 spiro atoms. The van der Waals surface area contributed by atoms with Crippen LogP contribution in [0.25, 0.3) is 6.08 Å². The first-order valence-corrected chi connectivity index (χ1v) is 8.49. The highest BCUT2D eigenvalue weighted by Gasteiger charge is 2.26. The van der Waals surface area contributed by atoms with Gasteiger partial charge in [0.15, 0.2) is 35.3 Å². The summed E-state index contributed by atoms with van der Waals surface area (Å²) in [6, 6.07) is 9.93. The van der Waals surface area contributed by atoms with E-state index in [1.54, 1.807) is 36.4 Å². The lowest BCUT2D eigenvalue weighted by Gasteiger charge is -2.09. The van der Waals surface area contributed by atoms with Crippen molar-refractivity contribution in [3.8, 4) is 23.0 Å². The minimum absolute atomic E-state index is 0.110. The Kier molecular flexibility index (Phi) is 4.78. The molecule has 0 bridgehead atoms. The van der Waals surface area contributed by atoms with Gasteiger partial charge in [0.2, 0.25) is 12.7 Å². The lowest BCUT2D eigenvalue weighted by Crippen LogP contribution is -2.10. The molecule has 9 heteroatoms. The van der Waals surface area contributed by atoms with Crippen LogP contribution in [0.4, 0.5) is 0 Å². The van der Waals surface area contributed by atoms with E-state index < -0.39 is 18.5 Å². The van der Waals surface area contributed by atoms with Gasteiger partial charge in [-0.3, -0.25) is 0 Å². The van der Waals surface area contributed by atoms with Crippen molar-refractivity contribution in [1.82, 2.24) is 0 Å². The minimum Gasteiger partial charge on any atom is -0.493 e. The quantitative estimate of drug-likeness (QED) is 0.583. The molecule has 29 heavy (non-hydrogen) atoms. The highest BCUT2D eigenvalue weighted by Crippen LogP contribution is 2.34. The topological polar surface area (TPSA) is 113 Å². The Morgan fingerprint density at radius 2 is 2.00 bits per heavy atom. The molecular weight excluding hydrogens is 382 g/mol. The predicted octanol–water partition coefficient (Wildman–Crippen LogP) is 2.23. The number of hydrogen-bond donors (Lipinski definition) is 1. The number of carboxylic acid groups (broad SMARTS) is 1. The average molecular weight is 397 g/mol. The van der Waals surface area contributed by atoms with Gasteiger partial charge in [-0.1, -0.05) is 6.07 Å². The fraction of sp³-hybridized carbons (Fsp3) is 0.150. The maximum absolute atomic E-state index is 12.2. The molecule has 0 aromatic heterocycles. The molecule has 0 radical (unpaired) electrons. The average Bonchev–Trinajstić information content (AvgIpc) is 3.32. The predicted molar refractivity (Wildman–Crippen MR) is 99.3 cm³/mol. The van der Waals surface area contributed by atoms with Crippen LogP contribution in [0.3, 0.4) is 0 Å². The van der Waals surface area contributed by atoms with Crippen molar-refractivity contribution in [2.24, 2.45) is 4.99 Å². The molecule has 2 aromatic rings. The molecule has 2 aliphatic heterocycles. The fourth-order valence-corrected chi connectivity index (χ4v) is 2.75. The molecule has 9 nitrogen and oxygen atoms in total. The third-order valence-electron chi connectivity index (χ3n) is 4.08. The van der Waals surface area contributed by atoms with E-state index in [1.165, 1.54) is 13.2 Å². The number of cyclic esters (lactones) is 1. The molecule has 0 atom stereocenters. The van der Waals surface area contributed by atoms with Crippen molar-refractivity contribution < 1.29 is 38.4 Å². The molecule has 0 unspecified atom stereocenters. The van der Waals surface area contributed by atoms with Crippen molar-refractivity contribution in [3.05, 3.63) is 53.2 Å². The summed E-state index contributed by atoms with van der Waals surface area (Å²) in [5.74, 6) is 0.239. The normalized spacial score (nSPS) is 15.8. The number of fused-ring (bicyclic) bond motifs is 1. The van der Waals surface area contributed by atoms with Crippen LogP contribution in [0, 0.1) is 0 Å². The van der Waals surface area contributed by atoms with E-state index in [2.05, 4.69) is 4.99 Å². The minimum atomic E-state index is -1.10. The van der Waals surface area contributed by atoms with Crippen molar-refractivity contribution >= 4 is 23.9 Å². The number of methoxy groups -OCH3 is 1. The van der Waals surface area contributed by atoms with Crippen molar-refractivity contribution in [2.75, 3.05) is 20.5 Å². The molecule has 0 aliphatic carbocycles. The van der Waals surface area contributed by atoms with Crippen LogP contribution in [0.1, 0.15) is 11.1 Å². The molecule has 2 aliphatic rings. The molecule has 148 valence electrons. The molecule has 4 rings (SSSR count). The van der Waals surface area contributed by atoms with Gasteiger partial charge in [0, 0.05) is 5.56 Å². The molecular formula is C20H15NO8. The first kappa shape index (κ1) is 18.4. The second-order valence-electron chi connectivity index (χ2n) is 6.00. The molecule has 2 heterocycles. The summed E-state index contributed by atoms with van der Waals surface area (Å²) in [4.78, 5) is 27.1. The SMILES string of the molecule is COc1cc(/C=C2\N=C(c3ccc4c(c3)OCO4)OC2=O)ccc1OCC(=O)O. The number of esters is 1. The number of carbonyl (C=O) groups is 2. The highest BCUT2D eigenvalue weighted by molar-refractivity contribution is 6.13. The van der Waals surface area contributed by atoms with E-state index in [9.17, 15) is 9.59 Å². The largest absolute Gasteiger partial charge is 0.493 e. The number of carbonyl (C=O) groups excluding carboxylic acids is 1. The number of rotatable bonds is 6. The Morgan fingerprint density at radius 3 is 2.79 bits per heavy atom. The summed E-state index contributed by atoms with van der Waals surface area (Å²) < 4.78 is 26.2. The van der Waals surface area contributed by atoms with E-state index in [0.717, 1.165) is 0 Å². The van der Waals surface area contributed by atoms with Gasteiger partial charge in [-0.15, -0.1) is 0 Å². The summed E-state index contributed by atoms with van der Waals surface area (Å²) in [5, 5.41) is 8.73. The number of carboxylic acids is 1. The van der Waals surface area contributed by atoms with E-state index in [4.69, 9.17) is 28.8 Å². The third-order valence-corrected chi connectivity index (χ3v) is 4.08. The van der Waals surface area contributed by atoms with Gasteiger partial charge < -0.3 is 28.8 Å². The fourth-order valence-electron chi connectivity index (χ4n) is 2.75. The molecule has 1 N–H and O–H groups in total. The van der Waals surface area contributed by atoms with Crippen LogP contribution in [0.5, 0.6) is 23.0 Å². The number of aliphatic carboxylic acids is 1. The molecule has 0 saturated carbocycles. The number of nitrogens with zero attached hydrogens (tertiary/aromatic N) is 1. The lowest BCUT2D eigenvalue weighted by molar-refractivity contribution is -0.139. The van der Waals surface area contributed by atoms with Gasteiger partial charge in [-0.25, -0.2) is 14.6 Å². The molecule has 0 saturated heterocycles. The smallest absolute Gasteiger partial charge is 0.363 e. The van der Waals surface area contributed by atoms with E-state index >= 15 is 0 Å². The van der Waals surface area contributed by atoms with Crippen LogP contribution in [-0.2, 0) is 14.3 Å². The Balaban J connectivity index is 1.59. The Morgan fingerprint density at radius 1 is 1.17 bits per heavy atom. The second-order valence-corrected chi connectivity index (χ2v) is 6.00.